The van der Waals surface area contributed by atoms with Gasteiger partial charge in [-0.1, -0.05) is 23.2 Å². The normalized spacial score (nSPS) is 15.2. The minimum absolute atomic E-state index is 0.0426. The van der Waals surface area contributed by atoms with Gasteiger partial charge in [-0.2, -0.15) is 9.78 Å². The number of nitrogens with one attached hydrogen (secondary N) is 1. The van der Waals surface area contributed by atoms with Gasteiger partial charge in [-0.15, -0.1) is 0 Å². The van der Waals surface area contributed by atoms with Crippen LogP contribution in [0.4, 0.5) is 5.82 Å². The lowest BCUT2D eigenvalue weighted by Crippen LogP contribution is -2.40. The summed E-state index contributed by atoms with van der Waals surface area (Å²) in [7, 11) is 0. The van der Waals surface area contributed by atoms with E-state index in [0.717, 1.165) is 5.69 Å². The zero-order valence-corrected chi connectivity index (χ0v) is 16.0. The summed E-state index contributed by atoms with van der Waals surface area (Å²) in [4.78, 5) is 30.0. The first kappa shape index (κ1) is 18.7. The molecule has 1 saturated heterocycles. The minimum atomic E-state index is -0.150. The number of hydrogen-bond acceptors (Lipinski definition) is 4. The van der Waals surface area contributed by atoms with E-state index in [-0.39, 0.29) is 17.7 Å². The molecule has 26 heavy (non-hydrogen) atoms. The van der Waals surface area contributed by atoms with Gasteiger partial charge >= 0.3 is 0 Å². The Bertz CT molecular complexity index is 844. The maximum absolute atomic E-state index is 12.6. The number of hydrogen-bond donors (Lipinski definition) is 1. The van der Waals surface area contributed by atoms with E-state index in [0.29, 0.717) is 47.6 Å². The summed E-state index contributed by atoms with van der Waals surface area (Å²) in [6.45, 7) is 4.55. The van der Waals surface area contributed by atoms with Gasteiger partial charge in [-0.25, -0.2) is 4.98 Å². The van der Waals surface area contributed by atoms with E-state index in [4.69, 9.17) is 23.2 Å². The van der Waals surface area contributed by atoms with Crippen molar-refractivity contribution in [2.75, 3.05) is 18.4 Å². The maximum atomic E-state index is 12.6. The molecule has 0 radical (unpaired) electrons. The van der Waals surface area contributed by atoms with E-state index in [1.54, 1.807) is 24.0 Å². The van der Waals surface area contributed by atoms with Crippen LogP contribution in [0, 0.1) is 12.8 Å². The predicted molar refractivity (Wildman–Crippen MR) is 99.7 cm³/mol. The lowest BCUT2D eigenvalue weighted by atomic mass is 9.96. The highest BCUT2D eigenvalue weighted by atomic mass is 35.5. The van der Waals surface area contributed by atoms with Crippen LogP contribution in [0.1, 0.15) is 25.5 Å². The molecule has 0 bridgehead atoms. The van der Waals surface area contributed by atoms with E-state index in [1.165, 1.54) is 10.9 Å². The number of rotatable bonds is 3. The van der Waals surface area contributed by atoms with Gasteiger partial charge in [0.25, 0.3) is 0 Å². The highest BCUT2D eigenvalue weighted by Gasteiger charge is 2.27. The van der Waals surface area contributed by atoms with E-state index in [2.05, 4.69) is 15.4 Å². The molecule has 0 atom stereocenters. The summed E-state index contributed by atoms with van der Waals surface area (Å²) in [5.74, 6) is 0.687. The van der Waals surface area contributed by atoms with Crippen LogP contribution in [0.15, 0.2) is 18.3 Å². The summed E-state index contributed by atoms with van der Waals surface area (Å²) in [6, 6.07) is 3.33. The molecule has 0 saturated carbocycles. The zero-order valence-electron chi connectivity index (χ0n) is 14.5. The predicted octanol–water partition coefficient (Wildman–Crippen LogP) is 3.08. The molecular weight excluding hydrogens is 377 g/mol. The Morgan fingerprint density at radius 2 is 1.92 bits per heavy atom. The summed E-state index contributed by atoms with van der Waals surface area (Å²) in [5.41, 5.74) is 0.722. The number of carbonyl (C=O) groups excluding carboxylic acids is 2. The topological polar surface area (TPSA) is 80.1 Å². The molecule has 0 spiro atoms. The number of amides is 2. The van der Waals surface area contributed by atoms with Crippen molar-refractivity contribution in [1.29, 1.82) is 0 Å². The Kier molecular flexibility index (Phi) is 5.48. The summed E-state index contributed by atoms with van der Waals surface area (Å²) in [5, 5.41) is 8.04. The molecule has 138 valence electrons. The lowest BCUT2D eigenvalue weighted by Gasteiger charge is -2.30. The number of likely N-dealkylation sites (tertiary alicyclic amines) is 1. The fourth-order valence-corrected chi connectivity index (χ4v) is 3.46. The number of nitrogens with zero attached hydrogens (tertiary/aromatic N) is 4. The van der Waals surface area contributed by atoms with Crippen molar-refractivity contribution in [1.82, 2.24) is 19.7 Å². The number of aromatic nitrogens is 3. The first-order valence-corrected chi connectivity index (χ1v) is 9.05. The van der Waals surface area contributed by atoms with Crippen LogP contribution in [0.3, 0.4) is 0 Å². The Morgan fingerprint density at radius 1 is 1.23 bits per heavy atom. The van der Waals surface area contributed by atoms with Crippen LogP contribution < -0.4 is 5.32 Å². The highest BCUT2D eigenvalue weighted by Crippen LogP contribution is 2.26. The minimum Gasteiger partial charge on any atom is -0.343 e. The number of pyridine rings is 1. The second-order valence-electron chi connectivity index (χ2n) is 6.31. The van der Waals surface area contributed by atoms with Crippen molar-refractivity contribution >= 4 is 40.8 Å². The van der Waals surface area contributed by atoms with Crippen molar-refractivity contribution in [3.63, 3.8) is 0 Å². The number of piperidine rings is 1. The molecule has 3 rings (SSSR count). The molecule has 0 aliphatic carbocycles. The standard InChI is InChI=1S/C17H19Cl2N5O2/c1-10-7-15(24(22-10)16-14(19)8-13(18)9-20-16)21-17(26)12-3-5-23(6-4-12)11(2)25/h7-9,12H,3-6H2,1-2H3,(H,21,26). The Balaban J connectivity index is 1.76. The van der Waals surface area contributed by atoms with Crippen molar-refractivity contribution < 1.29 is 9.59 Å². The second kappa shape index (κ2) is 7.63. The van der Waals surface area contributed by atoms with Gasteiger partial charge in [0.05, 0.1) is 15.7 Å². The van der Waals surface area contributed by atoms with Gasteiger partial charge in [-0.3, -0.25) is 9.59 Å². The van der Waals surface area contributed by atoms with Crippen LogP contribution in [0.25, 0.3) is 5.82 Å². The third-order valence-electron chi connectivity index (χ3n) is 4.38. The zero-order chi connectivity index (χ0) is 18.8. The molecule has 1 fully saturated rings. The van der Waals surface area contributed by atoms with Gasteiger partial charge in [0.2, 0.25) is 11.8 Å². The van der Waals surface area contributed by atoms with Crippen LogP contribution in [0.2, 0.25) is 10.0 Å². The Hall–Kier alpha value is -2.12. The molecular formula is C17H19Cl2N5O2. The molecule has 1 aliphatic heterocycles. The van der Waals surface area contributed by atoms with Crippen molar-refractivity contribution in [2.45, 2.75) is 26.7 Å². The van der Waals surface area contributed by atoms with Crippen molar-refractivity contribution in [3.8, 4) is 5.82 Å². The Morgan fingerprint density at radius 3 is 2.54 bits per heavy atom. The average molecular weight is 396 g/mol. The molecule has 1 aliphatic rings. The monoisotopic (exact) mass is 395 g/mol. The largest absolute Gasteiger partial charge is 0.343 e. The fourth-order valence-electron chi connectivity index (χ4n) is 3.00. The first-order chi connectivity index (χ1) is 12.3. The van der Waals surface area contributed by atoms with Crippen LogP contribution in [-0.4, -0.2) is 44.6 Å². The van der Waals surface area contributed by atoms with Crippen molar-refractivity contribution in [2.24, 2.45) is 5.92 Å². The van der Waals surface area contributed by atoms with Gasteiger partial charge in [0.15, 0.2) is 5.82 Å². The van der Waals surface area contributed by atoms with Crippen molar-refractivity contribution in [3.05, 3.63) is 34.1 Å². The highest BCUT2D eigenvalue weighted by molar-refractivity contribution is 6.35. The quantitative estimate of drug-likeness (QED) is 0.865. The van der Waals surface area contributed by atoms with E-state index in [1.807, 2.05) is 6.92 Å². The number of halogens is 2. The summed E-state index contributed by atoms with van der Waals surface area (Å²) < 4.78 is 1.50. The summed E-state index contributed by atoms with van der Waals surface area (Å²) in [6.07, 6.45) is 2.75. The average Bonchev–Trinajstić information content (AvgIpc) is 2.95. The lowest BCUT2D eigenvalue weighted by molar-refractivity contribution is -0.132. The van der Waals surface area contributed by atoms with E-state index >= 15 is 0 Å². The van der Waals surface area contributed by atoms with Gasteiger partial charge in [-0.05, 0) is 25.8 Å². The molecule has 1 N–H and O–H groups in total. The third kappa shape index (κ3) is 3.99. The third-order valence-corrected chi connectivity index (χ3v) is 4.87. The van der Waals surface area contributed by atoms with Gasteiger partial charge < -0.3 is 10.2 Å². The molecule has 2 aromatic rings. The van der Waals surface area contributed by atoms with Crippen LogP contribution >= 0.6 is 23.2 Å². The number of aryl methyl sites for hydroxylation is 1. The van der Waals surface area contributed by atoms with Gasteiger partial charge in [0.1, 0.15) is 5.82 Å². The first-order valence-electron chi connectivity index (χ1n) is 8.29. The number of carbonyl (C=O) groups is 2. The SMILES string of the molecule is CC(=O)N1CCC(C(=O)Nc2cc(C)nn2-c2ncc(Cl)cc2Cl)CC1. The molecule has 9 heteroatoms. The molecule has 3 heterocycles. The molecule has 7 nitrogen and oxygen atoms in total. The molecule has 0 aromatic carbocycles. The number of anilines is 1. The smallest absolute Gasteiger partial charge is 0.228 e. The van der Waals surface area contributed by atoms with Crippen LogP contribution in [-0.2, 0) is 9.59 Å². The second-order valence-corrected chi connectivity index (χ2v) is 7.15. The molecule has 2 aromatic heterocycles. The summed E-state index contributed by atoms with van der Waals surface area (Å²) >= 11 is 12.1. The van der Waals surface area contributed by atoms with Crippen LogP contribution in [0.5, 0.6) is 0 Å². The Labute approximate surface area is 161 Å². The maximum Gasteiger partial charge on any atom is 0.228 e. The fraction of sp³-hybridized carbons (Fsp3) is 0.412. The molecule has 2 amide bonds. The molecule has 0 unspecified atom stereocenters. The van der Waals surface area contributed by atoms with E-state index in [9.17, 15) is 9.59 Å². The van der Waals surface area contributed by atoms with Gasteiger partial charge in [0, 0.05) is 38.2 Å². The van der Waals surface area contributed by atoms with E-state index < -0.39 is 0 Å².